The molecule has 1 saturated carbocycles. The average Bonchev–Trinajstić information content (AvgIpc) is 1.86. The molecule has 0 saturated heterocycles. The summed E-state index contributed by atoms with van der Waals surface area (Å²) < 4.78 is 36.8. The van der Waals surface area contributed by atoms with Crippen molar-refractivity contribution in [3.63, 3.8) is 0 Å². The molecule has 0 radical (unpaired) electrons. The fourth-order valence-electron chi connectivity index (χ4n) is 1.91. The van der Waals surface area contributed by atoms with Gasteiger partial charge < -0.3 is 12.9 Å². The SMILES string of the molecule is C[C@@H]1CCCC[C@H]1[B-](F)(F)F.[K+]. The van der Waals surface area contributed by atoms with Gasteiger partial charge in [0.1, 0.15) is 0 Å². The summed E-state index contributed by atoms with van der Waals surface area (Å²) in [5, 5.41) is 0. The van der Waals surface area contributed by atoms with Crippen LogP contribution in [0.15, 0.2) is 0 Å². The maximum Gasteiger partial charge on any atom is 1.00 e. The molecule has 1 fully saturated rings. The Balaban J connectivity index is 0.00000121. The van der Waals surface area contributed by atoms with Crippen LogP contribution in [0.5, 0.6) is 0 Å². The molecule has 0 aromatic heterocycles. The summed E-state index contributed by atoms with van der Waals surface area (Å²) in [6, 6.07) is 0. The largest absolute Gasteiger partial charge is 1.00 e. The summed E-state index contributed by atoms with van der Waals surface area (Å²) in [6.45, 7) is -2.85. The third-order valence-corrected chi connectivity index (χ3v) is 2.66. The summed E-state index contributed by atoms with van der Waals surface area (Å²) in [6.07, 6.45) is 2.86. The fourth-order valence-corrected chi connectivity index (χ4v) is 1.91. The third kappa shape index (κ3) is 3.70. The maximum absolute atomic E-state index is 12.3. The van der Waals surface area contributed by atoms with E-state index in [4.69, 9.17) is 0 Å². The number of hydrogen-bond acceptors (Lipinski definition) is 0. The molecule has 0 spiro atoms. The van der Waals surface area contributed by atoms with Crippen LogP contribution in [0.2, 0.25) is 5.82 Å². The molecule has 0 nitrogen and oxygen atoms in total. The van der Waals surface area contributed by atoms with E-state index in [2.05, 4.69) is 0 Å². The van der Waals surface area contributed by atoms with Crippen LogP contribution in [0, 0.1) is 5.92 Å². The fraction of sp³-hybridized carbons (Fsp3) is 1.00. The number of halogens is 3. The van der Waals surface area contributed by atoms with Crippen LogP contribution in [0.4, 0.5) is 12.9 Å². The molecule has 12 heavy (non-hydrogen) atoms. The van der Waals surface area contributed by atoms with Gasteiger partial charge in [-0.2, -0.15) is 0 Å². The van der Waals surface area contributed by atoms with Gasteiger partial charge in [0.05, 0.1) is 0 Å². The molecular weight excluding hydrogens is 191 g/mol. The molecule has 0 unspecified atom stereocenters. The number of rotatable bonds is 1. The van der Waals surface area contributed by atoms with Crippen molar-refractivity contribution in [1.29, 1.82) is 0 Å². The first-order valence-corrected chi connectivity index (χ1v) is 4.22. The van der Waals surface area contributed by atoms with Crippen molar-refractivity contribution in [1.82, 2.24) is 0 Å². The molecule has 0 bridgehead atoms. The topological polar surface area (TPSA) is 0 Å². The van der Waals surface area contributed by atoms with Crippen LogP contribution in [0.3, 0.4) is 0 Å². The van der Waals surface area contributed by atoms with E-state index < -0.39 is 12.8 Å². The van der Waals surface area contributed by atoms with Gasteiger partial charge in [-0.05, 0) is 0 Å². The molecule has 0 aromatic rings. The summed E-state index contributed by atoms with van der Waals surface area (Å²) in [5.74, 6) is -1.10. The minimum absolute atomic E-state index is 0. The first kappa shape index (κ1) is 13.5. The van der Waals surface area contributed by atoms with Crippen LogP contribution in [0.25, 0.3) is 0 Å². The molecule has 1 aliphatic rings. The Hall–Kier alpha value is 1.49. The predicted molar refractivity (Wildman–Crippen MR) is 40.5 cm³/mol. The minimum Gasteiger partial charge on any atom is -0.449 e. The van der Waals surface area contributed by atoms with E-state index in [1.54, 1.807) is 6.92 Å². The smallest absolute Gasteiger partial charge is 0.449 e. The van der Waals surface area contributed by atoms with Gasteiger partial charge in [0.25, 0.3) is 0 Å². The average molecular weight is 204 g/mol. The zero-order valence-corrected chi connectivity index (χ0v) is 10.8. The first-order valence-electron chi connectivity index (χ1n) is 4.22. The van der Waals surface area contributed by atoms with E-state index in [1.807, 2.05) is 0 Å². The minimum atomic E-state index is -4.57. The van der Waals surface area contributed by atoms with Crippen LogP contribution < -0.4 is 51.4 Å². The Morgan fingerprint density at radius 3 is 1.92 bits per heavy atom. The molecule has 0 N–H and O–H groups in total. The van der Waals surface area contributed by atoms with Crippen LogP contribution in [-0.2, 0) is 0 Å². The monoisotopic (exact) mass is 204 g/mol. The maximum atomic E-state index is 12.3. The zero-order chi connectivity index (χ0) is 8.48. The van der Waals surface area contributed by atoms with Gasteiger partial charge in [0.15, 0.2) is 0 Å². The van der Waals surface area contributed by atoms with E-state index in [1.165, 1.54) is 0 Å². The van der Waals surface area contributed by atoms with E-state index in [-0.39, 0.29) is 57.3 Å². The molecule has 5 heteroatoms. The molecule has 1 rings (SSSR count). The van der Waals surface area contributed by atoms with E-state index in [0.717, 1.165) is 19.3 Å². The predicted octanol–water partition coefficient (Wildman–Crippen LogP) is 0.418. The van der Waals surface area contributed by atoms with Crippen LogP contribution >= 0.6 is 0 Å². The number of hydrogen-bond donors (Lipinski definition) is 0. The van der Waals surface area contributed by atoms with Crippen molar-refractivity contribution in [3.05, 3.63) is 0 Å². The van der Waals surface area contributed by atoms with Crippen molar-refractivity contribution in [2.45, 2.75) is 38.4 Å². The van der Waals surface area contributed by atoms with Crippen molar-refractivity contribution < 1.29 is 64.3 Å². The summed E-state index contributed by atoms with van der Waals surface area (Å²) in [4.78, 5) is 0. The summed E-state index contributed by atoms with van der Waals surface area (Å²) >= 11 is 0. The molecule has 0 aliphatic heterocycles. The Bertz CT molecular complexity index is 137. The van der Waals surface area contributed by atoms with Gasteiger partial charge in [0.2, 0.25) is 0 Å². The van der Waals surface area contributed by atoms with Gasteiger partial charge in [-0.15, -0.1) is 0 Å². The molecule has 66 valence electrons. The van der Waals surface area contributed by atoms with Gasteiger partial charge in [-0.3, -0.25) is 0 Å². The van der Waals surface area contributed by atoms with E-state index in [0.29, 0.717) is 6.42 Å². The Kier molecular flexibility index (Phi) is 6.06. The Morgan fingerprint density at radius 1 is 1.08 bits per heavy atom. The Labute approximate surface area is 114 Å². The van der Waals surface area contributed by atoms with Gasteiger partial charge in [-0.1, -0.05) is 44.3 Å². The second kappa shape index (κ2) is 5.39. The van der Waals surface area contributed by atoms with Crippen LogP contribution in [-0.4, -0.2) is 6.98 Å². The zero-order valence-electron chi connectivity index (χ0n) is 7.69. The summed E-state index contributed by atoms with van der Waals surface area (Å²) in [5.41, 5.74) is 0. The van der Waals surface area contributed by atoms with Crippen molar-refractivity contribution in [2.24, 2.45) is 5.92 Å². The van der Waals surface area contributed by atoms with E-state index in [9.17, 15) is 12.9 Å². The summed E-state index contributed by atoms with van der Waals surface area (Å²) in [7, 11) is 0. The molecular formula is C7H13BF3K. The molecule has 0 amide bonds. The van der Waals surface area contributed by atoms with Gasteiger partial charge >= 0.3 is 58.4 Å². The molecule has 0 heterocycles. The second-order valence-electron chi connectivity index (χ2n) is 3.55. The standard InChI is InChI=1S/C7H13BF3.K/c1-6-4-2-3-5-7(6)8(9,10)11;/h6-7H,2-5H2,1H3;/q-1;+1/t6-,7-;/m1./s1. The van der Waals surface area contributed by atoms with Gasteiger partial charge in [-0.25, -0.2) is 0 Å². The van der Waals surface area contributed by atoms with Crippen molar-refractivity contribution in [2.75, 3.05) is 0 Å². The Morgan fingerprint density at radius 2 is 1.58 bits per heavy atom. The molecule has 0 aromatic carbocycles. The van der Waals surface area contributed by atoms with Crippen LogP contribution in [0.1, 0.15) is 32.6 Å². The second-order valence-corrected chi connectivity index (χ2v) is 3.55. The molecule has 2 atom stereocenters. The third-order valence-electron chi connectivity index (χ3n) is 2.66. The van der Waals surface area contributed by atoms with Crippen molar-refractivity contribution in [3.8, 4) is 0 Å². The van der Waals surface area contributed by atoms with Crippen molar-refractivity contribution >= 4 is 6.98 Å². The molecule has 1 aliphatic carbocycles. The quantitative estimate of drug-likeness (QED) is 0.543. The van der Waals surface area contributed by atoms with Gasteiger partial charge in [0, 0.05) is 0 Å². The normalized spacial score (nSPS) is 31.0. The first-order chi connectivity index (χ1) is 5.02. The van der Waals surface area contributed by atoms with E-state index >= 15 is 0 Å².